The molecule has 1 saturated heterocycles. The lowest BCUT2D eigenvalue weighted by Gasteiger charge is -2.32. The Bertz CT molecular complexity index is 453. The van der Waals surface area contributed by atoms with Crippen molar-refractivity contribution in [3.05, 3.63) is 35.9 Å². The van der Waals surface area contributed by atoms with Crippen molar-refractivity contribution in [2.75, 3.05) is 0 Å². The van der Waals surface area contributed by atoms with Crippen LogP contribution < -0.4 is 0 Å². The van der Waals surface area contributed by atoms with Gasteiger partial charge in [0, 0.05) is 5.82 Å². The lowest BCUT2D eigenvalue weighted by atomic mass is 9.64. The third-order valence-corrected chi connectivity index (χ3v) is 5.42. The molecular formula is C17H25BO2. The van der Waals surface area contributed by atoms with E-state index >= 15 is 0 Å². The van der Waals surface area contributed by atoms with E-state index in [0.29, 0.717) is 11.7 Å². The molecule has 1 heterocycles. The van der Waals surface area contributed by atoms with Crippen LogP contribution in [-0.4, -0.2) is 18.3 Å². The minimum atomic E-state index is -0.221. The normalized spacial score (nSPS) is 31.7. The number of rotatable bonds is 2. The van der Waals surface area contributed by atoms with Crippen LogP contribution in [0.5, 0.6) is 0 Å². The summed E-state index contributed by atoms with van der Waals surface area (Å²) in [5.74, 6) is 1.06. The van der Waals surface area contributed by atoms with Crippen molar-refractivity contribution in [3.63, 3.8) is 0 Å². The molecule has 3 rings (SSSR count). The zero-order valence-corrected chi connectivity index (χ0v) is 13.1. The van der Waals surface area contributed by atoms with Gasteiger partial charge in [-0.25, -0.2) is 0 Å². The van der Waals surface area contributed by atoms with Gasteiger partial charge in [0.1, 0.15) is 0 Å². The van der Waals surface area contributed by atoms with Crippen molar-refractivity contribution in [2.45, 2.75) is 69.9 Å². The van der Waals surface area contributed by atoms with Gasteiger partial charge in [-0.2, -0.15) is 0 Å². The summed E-state index contributed by atoms with van der Waals surface area (Å²) in [5.41, 5.74) is 0.993. The van der Waals surface area contributed by atoms with Crippen LogP contribution in [0.15, 0.2) is 30.3 Å². The van der Waals surface area contributed by atoms with Gasteiger partial charge in [0.25, 0.3) is 0 Å². The summed E-state index contributed by atoms with van der Waals surface area (Å²) in [7, 11) is -0.0623. The van der Waals surface area contributed by atoms with Gasteiger partial charge in [-0.3, -0.25) is 0 Å². The minimum Gasteiger partial charge on any atom is -0.403 e. The third kappa shape index (κ3) is 2.31. The third-order valence-electron chi connectivity index (χ3n) is 5.42. The largest absolute Gasteiger partial charge is 0.461 e. The van der Waals surface area contributed by atoms with E-state index in [-0.39, 0.29) is 18.3 Å². The SMILES string of the molecule is CC1(C)OB([C@@H]2CCC[C@@H]2c2ccccc2)OC1(C)C. The van der Waals surface area contributed by atoms with E-state index in [1.807, 2.05) is 0 Å². The van der Waals surface area contributed by atoms with Crippen molar-refractivity contribution in [2.24, 2.45) is 0 Å². The molecule has 0 radical (unpaired) electrons. The van der Waals surface area contributed by atoms with Gasteiger partial charge in [-0.1, -0.05) is 43.2 Å². The molecule has 0 bridgehead atoms. The first-order valence-corrected chi connectivity index (χ1v) is 7.81. The summed E-state index contributed by atoms with van der Waals surface area (Å²) < 4.78 is 12.6. The Kier molecular flexibility index (Phi) is 3.46. The number of hydrogen-bond acceptors (Lipinski definition) is 2. The fourth-order valence-electron chi connectivity index (χ4n) is 3.49. The molecule has 20 heavy (non-hydrogen) atoms. The highest BCUT2D eigenvalue weighted by Crippen LogP contribution is 2.50. The van der Waals surface area contributed by atoms with Crippen molar-refractivity contribution in [1.29, 1.82) is 0 Å². The second-order valence-electron chi connectivity index (χ2n) is 7.24. The quantitative estimate of drug-likeness (QED) is 0.742. The standard InChI is InChI=1S/C17H25BO2/c1-16(2)17(3,4)20-18(19-16)15-12-8-11-14(15)13-9-6-5-7-10-13/h5-7,9-10,14-15H,8,11-12H2,1-4H3/t14-,15-/m1/s1. The maximum atomic E-state index is 6.28. The lowest BCUT2D eigenvalue weighted by Crippen LogP contribution is -2.41. The van der Waals surface area contributed by atoms with Crippen LogP contribution in [-0.2, 0) is 9.31 Å². The molecule has 1 aliphatic carbocycles. The molecule has 2 fully saturated rings. The molecule has 1 aliphatic heterocycles. The van der Waals surface area contributed by atoms with Crippen molar-refractivity contribution in [1.82, 2.24) is 0 Å². The van der Waals surface area contributed by atoms with Crippen LogP contribution in [0, 0.1) is 0 Å². The molecule has 0 amide bonds. The Hall–Kier alpha value is -0.795. The molecule has 0 aromatic heterocycles. The van der Waals surface area contributed by atoms with Crippen LogP contribution in [0.25, 0.3) is 0 Å². The molecule has 0 N–H and O–H groups in total. The summed E-state index contributed by atoms with van der Waals surface area (Å²) in [5, 5.41) is 0. The van der Waals surface area contributed by atoms with E-state index in [0.717, 1.165) is 0 Å². The second kappa shape index (κ2) is 4.89. The maximum Gasteiger partial charge on any atom is 0.461 e. The first-order chi connectivity index (χ1) is 9.41. The van der Waals surface area contributed by atoms with Gasteiger partial charge in [0.15, 0.2) is 0 Å². The van der Waals surface area contributed by atoms with Gasteiger partial charge in [-0.15, -0.1) is 0 Å². The van der Waals surface area contributed by atoms with Crippen molar-refractivity contribution >= 4 is 7.12 Å². The Labute approximate surface area is 123 Å². The first kappa shape index (κ1) is 14.2. The molecule has 2 atom stereocenters. The fourth-order valence-corrected chi connectivity index (χ4v) is 3.49. The topological polar surface area (TPSA) is 18.5 Å². The van der Waals surface area contributed by atoms with Gasteiger partial charge in [0.2, 0.25) is 0 Å². The van der Waals surface area contributed by atoms with E-state index in [2.05, 4.69) is 58.0 Å². The predicted molar refractivity (Wildman–Crippen MR) is 82.9 cm³/mol. The monoisotopic (exact) mass is 272 g/mol. The van der Waals surface area contributed by atoms with Crippen molar-refractivity contribution in [3.8, 4) is 0 Å². The van der Waals surface area contributed by atoms with E-state index in [4.69, 9.17) is 9.31 Å². The van der Waals surface area contributed by atoms with E-state index in [1.165, 1.54) is 24.8 Å². The summed E-state index contributed by atoms with van der Waals surface area (Å²) in [6, 6.07) is 10.8. The summed E-state index contributed by atoms with van der Waals surface area (Å²) >= 11 is 0. The molecule has 0 spiro atoms. The first-order valence-electron chi connectivity index (χ1n) is 7.81. The zero-order valence-electron chi connectivity index (χ0n) is 13.1. The Balaban J connectivity index is 1.81. The smallest absolute Gasteiger partial charge is 0.403 e. The van der Waals surface area contributed by atoms with E-state index in [9.17, 15) is 0 Å². The molecule has 108 valence electrons. The summed E-state index contributed by atoms with van der Waals surface area (Å²) in [6.07, 6.45) is 3.73. The molecule has 1 aromatic carbocycles. The molecule has 0 unspecified atom stereocenters. The highest BCUT2D eigenvalue weighted by molar-refractivity contribution is 6.47. The molecule has 3 heteroatoms. The zero-order chi connectivity index (χ0) is 14.4. The molecule has 2 nitrogen and oxygen atoms in total. The predicted octanol–water partition coefficient (Wildman–Crippen LogP) is 4.42. The van der Waals surface area contributed by atoms with Crippen LogP contribution >= 0.6 is 0 Å². The van der Waals surface area contributed by atoms with Crippen LogP contribution in [0.3, 0.4) is 0 Å². The van der Waals surface area contributed by atoms with Gasteiger partial charge in [0.05, 0.1) is 11.2 Å². The Morgan fingerprint density at radius 2 is 1.55 bits per heavy atom. The number of hydrogen-bond donors (Lipinski definition) is 0. The Morgan fingerprint density at radius 1 is 0.950 bits per heavy atom. The van der Waals surface area contributed by atoms with E-state index in [1.54, 1.807) is 0 Å². The lowest BCUT2D eigenvalue weighted by molar-refractivity contribution is 0.00578. The van der Waals surface area contributed by atoms with Crippen molar-refractivity contribution < 1.29 is 9.31 Å². The molecular weight excluding hydrogens is 247 g/mol. The van der Waals surface area contributed by atoms with Gasteiger partial charge >= 0.3 is 7.12 Å². The minimum absolute atomic E-state index is 0.0623. The maximum absolute atomic E-state index is 6.28. The summed E-state index contributed by atoms with van der Waals surface area (Å²) in [6.45, 7) is 8.55. The average molecular weight is 272 g/mol. The molecule has 2 aliphatic rings. The molecule has 1 aromatic rings. The number of benzene rings is 1. The van der Waals surface area contributed by atoms with E-state index < -0.39 is 0 Å². The van der Waals surface area contributed by atoms with Crippen LogP contribution in [0.4, 0.5) is 0 Å². The summed E-state index contributed by atoms with van der Waals surface area (Å²) in [4.78, 5) is 0. The van der Waals surface area contributed by atoms with Crippen LogP contribution in [0.1, 0.15) is 58.4 Å². The highest BCUT2D eigenvalue weighted by atomic mass is 16.7. The van der Waals surface area contributed by atoms with Gasteiger partial charge < -0.3 is 9.31 Å². The van der Waals surface area contributed by atoms with Gasteiger partial charge in [-0.05, 0) is 45.6 Å². The van der Waals surface area contributed by atoms with Crippen LogP contribution in [0.2, 0.25) is 5.82 Å². The Morgan fingerprint density at radius 3 is 2.15 bits per heavy atom. The second-order valence-corrected chi connectivity index (χ2v) is 7.24. The fraction of sp³-hybridized carbons (Fsp3) is 0.647. The average Bonchev–Trinajstić information content (AvgIpc) is 2.94. The highest BCUT2D eigenvalue weighted by Gasteiger charge is 2.55. The molecule has 1 saturated carbocycles.